The van der Waals surface area contributed by atoms with Gasteiger partial charge in [0, 0.05) is 16.8 Å². The zero-order chi connectivity index (χ0) is 14.5. The smallest absolute Gasteiger partial charge is 0.191 e. The highest BCUT2D eigenvalue weighted by Gasteiger charge is 2.08. The SMILES string of the molecule is CCCCSc1nc(N=Cc2cccs2)c2cn[nH]c2n1. The highest BCUT2D eigenvalue weighted by atomic mass is 32.2. The van der Waals surface area contributed by atoms with Gasteiger partial charge in [-0.15, -0.1) is 11.3 Å². The van der Waals surface area contributed by atoms with Crippen molar-refractivity contribution in [2.24, 2.45) is 4.99 Å². The van der Waals surface area contributed by atoms with Crippen LogP contribution in [0.2, 0.25) is 0 Å². The Kier molecular flexibility index (Phi) is 4.62. The van der Waals surface area contributed by atoms with Gasteiger partial charge in [-0.2, -0.15) is 5.10 Å². The van der Waals surface area contributed by atoms with E-state index in [0.717, 1.165) is 33.2 Å². The number of hydrogen-bond donors (Lipinski definition) is 1. The van der Waals surface area contributed by atoms with E-state index < -0.39 is 0 Å². The molecule has 3 aromatic rings. The van der Waals surface area contributed by atoms with Gasteiger partial charge >= 0.3 is 0 Å². The van der Waals surface area contributed by atoms with Gasteiger partial charge in [-0.1, -0.05) is 31.2 Å². The molecule has 0 saturated carbocycles. The number of aliphatic imine (C=N–C) groups is 1. The molecule has 0 unspecified atom stereocenters. The number of aromatic nitrogens is 4. The van der Waals surface area contributed by atoms with Crippen LogP contribution < -0.4 is 0 Å². The summed E-state index contributed by atoms with van der Waals surface area (Å²) in [6.45, 7) is 2.18. The molecular weight excluding hydrogens is 302 g/mol. The van der Waals surface area contributed by atoms with Crippen molar-refractivity contribution in [2.75, 3.05) is 5.75 Å². The Balaban J connectivity index is 1.90. The molecule has 0 radical (unpaired) electrons. The summed E-state index contributed by atoms with van der Waals surface area (Å²) >= 11 is 3.31. The number of nitrogens with zero attached hydrogens (tertiary/aromatic N) is 4. The second-order valence-corrected chi connectivity index (χ2v) is 6.48. The van der Waals surface area contributed by atoms with Crippen LogP contribution in [0.3, 0.4) is 0 Å². The van der Waals surface area contributed by atoms with E-state index in [1.54, 1.807) is 29.3 Å². The third kappa shape index (κ3) is 3.48. The summed E-state index contributed by atoms with van der Waals surface area (Å²) in [4.78, 5) is 14.6. The Morgan fingerprint density at radius 2 is 2.38 bits per heavy atom. The quantitative estimate of drug-likeness (QED) is 0.322. The van der Waals surface area contributed by atoms with Gasteiger partial charge in [0.15, 0.2) is 16.6 Å². The van der Waals surface area contributed by atoms with Crippen LogP contribution in [0.25, 0.3) is 11.0 Å². The lowest BCUT2D eigenvalue weighted by Crippen LogP contribution is -1.90. The third-order valence-electron chi connectivity index (χ3n) is 2.86. The Hall–Kier alpha value is -1.73. The first-order chi connectivity index (χ1) is 10.4. The van der Waals surface area contributed by atoms with Gasteiger partial charge in [-0.3, -0.25) is 5.10 Å². The monoisotopic (exact) mass is 317 g/mol. The predicted octanol–water partition coefficient (Wildman–Crippen LogP) is 4.06. The maximum Gasteiger partial charge on any atom is 0.191 e. The lowest BCUT2D eigenvalue weighted by atomic mass is 10.4. The fraction of sp³-hybridized carbons (Fsp3) is 0.286. The molecule has 0 amide bonds. The van der Waals surface area contributed by atoms with Gasteiger partial charge in [0.25, 0.3) is 0 Å². The van der Waals surface area contributed by atoms with Crippen LogP contribution >= 0.6 is 23.1 Å². The zero-order valence-electron chi connectivity index (χ0n) is 11.6. The topological polar surface area (TPSA) is 66.8 Å². The molecule has 0 fully saturated rings. The van der Waals surface area contributed by atoms with E-state index in [0.29, 0.717) is 5.82 Å². The minimum absolute atomic E-state index is 0.668. The first kappa shape index (κ1) is 14.2. The fourth-order valence-electron chi connectivity index (χ4n) is 1.76. The van der Waals surface area contributed by atoms with Gasteiger partial charge in [0.2, 0.25) is 0 Å². The van der Waals surface area contributed by atoms with Gasteiger partial charge < -0.3 is 0 Å². The maximum atomic E-state index is 4.54. The average Bonchev–Trinajstić information content (AvgIpc) is 3.16. The normalized spacial score (nSPS) is 11.7. The molecule has 0 aliphatic heterocycles. The van der Waals surface area contributed by atoms with Gasteiger partial charge in [0.05, 0.1) is 11.6 Å². The number of H-pyrrole nitrogens is 1. The van der Waals surface area contributed by atoms with Crippen molar-refractivity contribution in [3.63, 3.8) is 0 Å². The lowest BCUT2D eigenvalue weighted by Gasteiger charge is -2.01. The number of unbranched alkanes of at least 4 members (excludes halogenated alkanes) is 1. The van der Waals surface area contributed by atoms with Crippen molar-refractivity contribution in [3.8, 4) is 0 Å². The van der Waals surface area contributed by atoms with E-state index in [1.165, 1.54) is 6.42 Å². The minimum atomic E-state index is 0.668. The minimum Gasteiger partial charge on any atom is -0.261 e. The van der Waals surface area contributed by atoms with Crippen molar-refractivity contribution in [1.82, 2.24) is 20.2 Å². The van der Waals surface area contributed by atoms with E-state index >= 15 is 0 Å². The number of hydrogen-bond acceptors (Lipinski definition) is 6. The Morgan fingerprint density at radius 3 is 3.19 bits per heavy atom. The summed E-state index contributed by atoms with van der Waals surface area (Å²) in [5.74, 6) is 1.69. The molecule has 0 spiro atoms. The molecule has 5 nitrogen and oxygen atoms in total. The van der Waals surface area contributed by atoms with Gasteiger partial charge in [-0.05, 0) is 17.9 Å². The van der Waals surface area contributed by atoms with Gasteiger partial charge in [0.1, 0.15) is 0 Å². The summed E-state index contributed by atoms with van der Waals surface area (Å²) in [5, 5.41) is 10.6. The van der Waals surface area contributed by atoms with Gasteiger partial charge in [-0.25, -0.2) is 15.0 Å². The van der Waals surface area contributed by atoms with E-state index in [1.807, 2.05) is 23.7 Å². The molecular formula is C14H15N5S2. The molecule has 0 bridgehead atoms. The second kappa shape index (κ2) is 6.82. The molecule has 7 heteroatoms. The molecule has 1 N–H and O–H groups in total. The molecule has 0 saturated heterocycles. The zero-order valence-corrected chi connectivity index (χ0v) is 13.2. The van der Waals surface area contributed by atoms with Crippen molar-refractivity contribution < 1.29 is 0 Å². The summed E-state index contributed by atoms with van der Waals surface area (Å²) in [6.07, 6.45) is 5.88. The van der Waals surface area contributed by atoms with E-state index in [2.05, 4.69) is 32.1 Å². The average molecular weight is 317 g/mol. The fourth-order valence-corrected chi connectivity index (χ4v) is 3.27. The third-order valence-corrected chi connectivity index (χ3v) is 4.60. The highest BCUT2D eigenvalue weighted by molar-refractivity contribution is 7.99. The van der Waals surface area contributed by atoms with Crippen molar-refractivity contribution in [3.05, 3.63) is 28.6 Å². The number of fused-ring (bicyclic) bond motifs is 1. The first-order valence-electron chi connectivity index (χ1n) is 6.78. The molecule has 21 heavy (non-hydrogen) atoms. The number of rotatable bonds is 6. The predicted molar refractivity (Wildman–Crippen MR) is 88.9 cm³/mol. The van der Waals surface area contributed by atoms with Crippen LogP contribution in [0.4, 0.5) is 5.82 Å². The van der Waals surface area contributed by atoms with Crippen molar-refractivity contribution in [2.45, 2.75) is 24.9 Å². The summed E-state index contributed by atoms with van der Waals surface area (Å²) in [7, 11) is 0. The Labute approximate surface area is 130 Å². The van der Waals surface area contributed by atoms with E-state index in [-0.39, 0.29) is 0 Å². The number of nitrogens with one attached hydrogen (secondary N) is 1. The van der Waals surface area contributed by atoms with Crippen LogP contribution in [-0.4, -0.2) is 32.1 Å². The molecule has 0 aromatic carbocycles. The molecule has 108 valence electrons. The number of thioether (sulfide) groups is 1. The first-order valence-corrected chi connectivity index (χ1v) is 8.65. The van der Waals surface area contributed by atoms with Crippen molar-refractivity contribution >= 4 is 46.2 Å². The van der Waals surface area contributed by atoms with E-state index in [9.17, 15) is 0 Å². The van der Waals surface area contributed by atoms with Crippen LogP contribution in [0.15, 0.2) is 33.9 Å². The molecule has 0 aliphatic rings. The number of thiophene rings is 1. The summed E-state index contributed by atoms with van der Waals surface area (Å²) in [5.41, 5.74) is 0.738. The largest absolute Gasteiger partial charge is 0.261 e. The highest BCUT2D eigenvalue weighted by Crippen LogP contribution is 2.25. The molecule has 0 atom stereocenters. The molecule has 3 rings (SSSR count). The van der Waals surface area contributed by atoms with Crippen molar-refractivity contribution in [1.29, 1.82) is 0 Å². The van der Waals surface area contributed by atoms with Crippen LogP contribution in [0, 0.1) is 0 Å². The molecule has 3 heterocycles. The second-order valence-electron chi connectivity index (χ2n) is 4.44. The van der Waals surface area contributed by atoms with Crippen LogP contribution in [0.1, 0.15) is 24.6 Å². The summed E-state index contributed by atoms with van der Waals surface area (Å²) < 4.78 is 0. The Morgan fingerprint density at radius 1 is 1.43 bits per heavy atom. The number of aromatic amines is 1. The van der Waals surface area contributed by atoms with Crippen LogP contribution in [-0.2, 0) is 0 Å². The summed E-state index contributed by atoms with van der Waals surface area (Å²) in [6, 6.07) is 4.03. The Bertz CT molecular complexity index is 733. The standard InChI is InChI=1S/C14H15N5S2/c1-2-3-6-21-14-17-12(11-9-16-19-13(11)18-14)15-8-10-5-4-7-20-10/h4-5,7-9H,2-3,6H2,1H3,(H,16,17,18,19). The molecule has 3 aromatic heterocycles. The van der Waals surface area contributed by atoms with Crippen LogP contribution in [0.5, 0.6) is 0 Å². The maximum absolute atomic E-state index is 4.54. The lowest BCUT2D eigenvalue weighted by molar-refractivity contribution is 0.890. The van der Waals surface area contributed by atoms with E-state index in [4.69, 9.17) is 0 Å². The molecule has 0 aliphatic carbocycles.